The molecule has 0 spiro atoms. The van der Waals surface area contributed by atoms with E-state index in [4.69, 9.17) is 0 Å². The Morgan fingerprint density at radius 1 is 1.50 bits per heavy atom. The Balaban J connectivity index is 1.97. The van der Waals surface area contributed by atoms with Crippen molar-refractivity contribution in [2.45, 2.75) is 19.9 Å². The first-order valence-electron chi connectivity index (χ1n) is 6.28. The number of likely N-dealkylation sites (tertiary alicyclic amines) is 1. The van der Waals surface area contributed by atoms with Crippen LogP contribution in [0.2, 0.25) is 0 Å². The van der Waals surface area contributed by atoms with Crippen molar-refractivity contribution in [3.63, 3.8) is 0 Å². The summed E-state index contributed by atoms with van der Waals surface area (Å²) in [5, 5.41) is 2.68. The van der Waals surface area contributed by atoms with Gasteiger partial charge in [0, 0.05) is 20.1 Å². The van der Waals surface area contributed by atoms with Crippen molar-refractivity contribution in [3.8, 4) is 0 Å². The number of hydrogen-bond donors (Lipinski definition) is 1. The number of benzene rings is 1. The summed E-state index contributed by atoms with van der Waals surface area (Å²) in [6.45, 7) is 4.26. The Bertz CT molecular complexity index is 427. The molecule has 1 N–H and O–H groups in total. The molecule has 3 nitrogen and oxygen atoms in total. The van der Waals surface area contributed by atoms with Crippen LogP contribution in [-0.4, -0.2) is 30.9 Å². The van der Waals surface area contributed by atoms with E-state index in [2.05, 4.69) is 10.2 Å². The van der Waals surface area contributed by atoms with Crippen LogP contribution in [0.25, 0.3) is 0 Å². The number of hydrogen-bond acceptors (Lipinski definition) is 2. The molecule has 1 amide bonds. The summed E-state index contributed by atoms with van der Waals surface area (Å²) in [5.74, 6) is -0.00960. The van der Waals surface area contributed by atoms with Gasteiger partial charge in [0.05, 0.1) is 5.92 Å². The standard InChI is InChI=1S/C14H19FN2O/c1-10-5-11(7-13(15)6-10)8-17-4-3-12(9-17)14(18)16-2/h5-7,12H,3-4,8-9H2,1-2H3,(H,16,18). The maximum Gasteiger partial charge on any atom is 0.224 e. The van der Waals surface area contributed by atoms with Crippen LogP contribution in [0.1, 0.15) is 17.5 Å². The molecule has 0 bridgehead atoms. The zero-order chi connectivity index (χ0) is 13.1. The van der Waals surface area contributed by atoms with E-state index in [0.717, 1.165) is 30.6 Å². The molecule has 1 saturated heterocycles. The normalized spacial score (nSPS) is 20.1. The topological polar surface area (TPSA) is 32.3 Å². The van der Waals surface area contributed by atoms with Crippen LogP contribution < -0.4 is 5.32 Å². The van der Waals surface area contributed by atoms with Crippen LogP contribution in [0.3, 0.4) is 0 Å². The molecule has 18 heavy (non-hydrogen) atoms. The Labute approximate surface area is 107 Å². The lowest BCUT2D eigenvalue weighted by Gasteiger charge is -2.16. The first-order chi connectivity index (χ1) is 8.58. The molecule has 1 aromatic carbocycles. The van der Waals surface area contributed by atoms with Gasteiger partial charge in [0.25, 0.3) is 0 Å². The minimum absolute atomic E-state index is 0.0738. The number of carbonyl (C=O) groups is 1. The second-order valence-corrected chi connectivity index (χ2v) is 4.97. The van der Waals surface area contributed by atoms with E-state index in [9.17, 15) is 9.18 Å². The first-order valence-corrected chi connectivity index (χ1v) is 6.28. The maximum absolute atomic E-state index is 13.3. The van der Waals surface area contributed by atoms with E-state index in [1.165, 1.54) is 6.07 Å². The average Bonchev–Trinajstić information content (AvgIpc) is 2.75. The van der Waals surface area contributed by atoms with Crippen molar-refractivity contribution in [2.75, 3.05) is 20.1 Å². The number of aryl methyl sites for hydroxylation is 1. The molecule has 0 aliphatic carbocycles. The summed E-state index contributed by atoms with van der Waals surface area (Å²) < 4.78 is 13.3. The monoisotopic (exact) mass is 250 g/mol. The van der Waals surface area contributed by atoms with Gasteiger partial charge in [0.15, 0.2) is 0 Å². The predicted molar refractivity (Wildman–Crippen MR) is 68.6 cm³/mol. The van der Waals surface area contributed by atoms with E-state index in [1.54, 1.807) is 13.1 Å². The van der Waals surface area contributed by atoms with Gasteiger partial charge in [-0.25, -0.2) is 4.39 Å². The molecule has 1 atom stereocenters. The number of amides is 1. The molecule has 0 radical (unpaired) electrons. The second-order valence-electron chi connectivity index (χ2n) is 4.97. The highest BCUT2D eigenvalue weighted by atomic mass is 19.1. The van der Waals surface area contributed by atoms with Gasteiger partial charge in [-0.15, -0.1) is 0 Å². The van der Waals surface area contributed by atoms with Crippen LogP contribution in [0.4, 0.5) is 4.39 Å². The largest absolute Gasteiger partial charge is 0.359 e. The lowest BCUT2D eigenvalue weighted by atomic mass is 10.1. The van der Waals surface area contributed by atoms with Crippen molar-refractivity contribution >= 4 is 5.91 Å². The summed E-state index contributed by atoms with van der Waals surface area (Å²) in [5.41, 5.74) is 1.91. The van der Waals surface area contributed by atoms with Crippen molar-refractivity contribution in [1.29, 1.82) is 0 Å². The molecule has 1 aliphatic rings. The third-order valence-corrected chi connectivity index (χ3v) is 3.40. The fourth-order valence-electron chi connectivity index (χ4n) is 2.56. The molecule has 1 heterocycles. The lowest BCUT2D eigenvalue weighted by Crippen LogP contribution is -2.30. The highest BCUT2D eigenvalue weighted by Crippen LogP contribution is 2.19. The highest BCUT2D eigenvalue weighted by molar-refractivity contribution is 5.78. The average molecular weight is 250 g/mol. The summed E-state index contributed by atoms with van der Waals surface area (Å²) >= 11 is 0. The van der Waals surface area contributed by atoms with Gasteiger partial charge in [-0.2, -0.15) is 0 Å². The summed E-state index contributed by atoms with van der Waals surface area (Å²) in [6.07, 6.45) is 0.883. The third-order valence-electron chi connectivity index (χ3n) is 3.40. The fourth-order valence-corrected chi connectivity index (χ4v) is 2.56. The Morgan fingerprint density at radius 2 is 2.28 bits per heavy atom. The molecule has 0 aromatic heterocycles. The van der Waals surface area contributed by atoms with Gasteiger partial charge in [0.1, 0.15) is 5.82 Å². The van der Waals surface area contributed by atoms with Gasteiger partial charge in [-0.3, -0.25) is 9.69 Å². The fraction of sp³-hybridized carbons (Fsp3) is 0.500. The first kappa shape index (κ1) is 13.0. The van der Waals surface area contributed by atoms with Crippen molar-refractivity contribution < 1.29 is 9.18 Å². The number of carbonyl (C=O) groups excluding carboxylic acids is 1. The van der Waals surface area contributed by atoms with Gasteiger partial charge < -0.3 is 5.32 Å². The van der Waals surface area contributed by atoms with Crippen molar-refractivity contribution in [1.82, 2.24) is 10.2 Å². The van der Waals surface area contributed by atoms with E-state index in [0.29, 0.717) is 6.54 Å². The van der Waals surface area contributed by atoms with Gasteiger partial charge in [-0.05, 0) is 43.1 Å². The minimum atomic E-state index is -0.188. The van der Waals surface area contributed by atoms with E-state index in [1.807, 2.05) is 13.0 Å². The Morgan fingerprint density at radius 3 is 2.94 bits per heavy atom. The quantitative estimate of drug-likeness (QED) is 0.885. The van der Waals surface area contributed by atoms with Crippen LogP contribution in [0, 0.1) is 18.7 Å². The van der Waals surface area contributed by atoms with Crippen LogP contribution in [0.5, 0.6) is 0 Å². The summed E-state index contributed by atoms with van der Waals surface area (Å²) in [4.78, 5) is 13.7. The zero-order valence-electron chi connectivity index (χ0n) is 10.9. The third kappa shape index (κ3) is 3.07. The van der Waals surface area contributed by atoms with Gasteiger partial charge >= 0.3 is 0 Å². The highest BCUT2D eigenvalue weighted by Gasteiger charge is 2.27. The van der Waals surface area contributed by atoms with E-state index < -0.39 is 0 Å². The minimum Gasteiger partial charge on any atom is -0.359 e. The van der Waals surface area contributed by atoms with Crippen LogP contribution >= 0.6 is 0 Å². The van der Waals surface area contributed by atoms with Crippen molar-refractivity contribution in [2.24, 2.45) is 5.92 Å². The molecular formula is C14H19FN2O. The molecule has 98 valence electrons. The Hall–Kier alpha value is -1.42. The number of halogens is 1. The number of nitrogens with one attached hydrogen (secondary N) is 1. The summed E-state index contributed by atoms with van der Waals surface area (Å²) in [7, 11) is 1.67. The smallest absolute Gasteiger partial charge is 0.224 e. The molecule has 2 rings (SSSR count). The molecule has 0 saturated carbocycles. The van der Waals surface area contributed by atoms with Crippen LogP contribution in [0.15, 0.2) is 18.2 Å². The zero-order valence-corrected chi connectivity index (χ0v) is 10.9. The number of rotatable bonds is 3. The Kier molecular flexibility index (Phi) is 3.97. The summed E-state index contributed by atoms with van der Waals surface area (Å²) in [6, 6.07) is 5.09. The molecule has 1 fully saturated rings. The van der Waals surface area contributed by atoms with Crippen LogP contribution in [-0.2, 0) is 11.3 Å². The van der Waals surface area contributed by atoms with Gasteiger partial charge in [-0.1, -0.05) is 6.07 Å². The lowest BCUT2D eigenvalue weighted by molar-refractivity contribution is -0.124. The molecule has 1 unspecified atom stereocenters. The molecular weight excluding hydrogens is 231 g/mol. The molecule has 1 aliphatic heterocycles. The molecule has 4 heteroatoms. The van der Waals surface area contributed by atoms with Gasteiger partial charge in [0.2, 0.25) is 5.91 Å². The molecule has 1 aromatic rings. The van der Waals surface area contributed by atoms with E-state index in [-0.39, 0.29) is 17.6 Å². The van der Waals surface area contributed by atoms with Crippen molar-refractivity contribution in [3.05, 3.63) is 35.1 Å². The second kappa shape index (κ2) is 5.48. The van der Waals surface area contributed by atoms with E-state index >= 15 is 0 Å². The number of nitrogens with zero attached hydrogens (tertiary/aromatic N) is 1. The SMILES string of the molecule is CNC(=O)C1CCN(Cc2cc(C)cc(F)c2)C1. The maximum atomic E-state index is 13.3. The predicted octanol–water partition coefficient (Wildman–Crippen LogP) is 1.70.